The van der Waals surface area contributed by atoms with Gasteiger partial charge in [-0.2, -0.15) is 5.10 Å². The number of nitrogens with zero attached hydrogens (tertiary/aromatic N) is 4. The minimum atomic E-state index is -0.686. The van der Waals surface area contributed by atoms with Crippen LogP contribution in [0.5, 0.6) is 0 Å². The third kappa shape index (κ3) is 3.06. The van der Waals surface area contributed by atoms with E-state index in [1.807, 2.05) is 16.7 Å². The molecule has 1 unspecified atom stereocenters. The number of hydrogen-bond acceptors (Lipinski definition) is 4. The molecule has 27 heavy (non-hydrogen) atoms. The van der Waals surface area contributed by atoms with Crippen LogP contribution in [0.4, 0.5) is 0 Å². The summed E-state index contributed by atoms with van der Waals surface area (Å²) in [6.07, 6.45) is 7.98. The maximum atomic E-state index is 13.6. The van der Waals surface area contributed by atoms with E-state index in [0.29, 0.717) is 18.8 Å². The standard InChI is InChI=1S/C20H30N4O3/c1-2-24-17(9-12-21-24)18(26)23-14-4-11-20(23)10-3-13-22(19(20)27)15-5-7-16(25)8-6-15/h9,12,15-16,25H,2-8,10-11,13-14H2,1H3. The summed E-state index contributed by atoms with van der Waals surface area (Å²) in [6, 6.07) is 1.96. The number of aliphatic hydroxyl groups is 1. The van der Waals surface area contributed by atoms with Crippen LogP contribution < -0.4 is 0 Å². The van der Waals surface area contributed by atoms with E-state index in [2.05, 4.69) is 5.10 Å². The molecule has 1 atom stereocenters. The number of rotatable bonds is 3. The van der Waals surface area contributed by atoms with E-state index in [1.165, 1.54) is 0 Å². The summed E-state index contributed by atoms with van der Waals surface area (Å²) in [5, 5.41) is 14.0. The van der Waals surface area contributed by atoms with Crippen LogP contribution >= 0.6 is 0 Å². The maximum absolute atomic E-state index is 13.6. The first-order valence-corrected chi connectivity index (χ1v) is 10.4. The quantitative estimate of drug-likeness (QED) is 0.875. The molecule has 3 aliphatic rings. The van der Waals surface area contributed by atoms with E-state index >= 15 is 0 Å². The van der Waals surface area contributed by atoms with Gasteiger partial charge in [0.25, 0.3) is 5.91 Å². The van der Waals surface area contributed by atoms with Gasteiger partial charge in [0.1, 0.15) is 11.2 Å². The van der Waals surface area contributed by atoms with E-state index in [4.69, 9.17) is 0 Å². The van der Waals surface area contributed by atoms with Crippen LogP contribution in [0.25, 0.3) is 0 Å². The van der Waals surface area contributed by atoms with Gasteiger partial charge in [-0.25, -0.2) is 0 Å². The van der Waals surface area contributed by atoms with Gasteiger partial charge < -0.3 is 14.9 Å². The highest BCUT2D eigenvalue weighted by atomic mass is 16.3. The SMILES string of the molecule is CCn1nccc1C(=O)N1CCCC12CCCN(C1CCC(O)CC1)C2=O. The molecule has 7 heteroatoms. The van der Waals surface area contributed by atoms with Crippen LogP contribution in [-0.4, -0.2) is 67.3 Å². The summed E-state index contributed by atoms with van der Waals surface area (Å²) in [5.74, 6) is 0.0599. The van der Waals surface area contributed by atoms with Crippen LogP contribution in [0.2, 0.25) is 0 Å². The van der Waals surface area contributed by atoms with Crippen molar-refractivity contribution in [3.63, 3.8) is 0 Å². The van der Waals surface area contributed by atoms with Crippen molar-refractivity contribution in [2.45, 2.75) is 82.5 Å². The second kappa shape index (κ2) is 7.26. The maximum Gasteiger partial charge on any atom is 0.273 e. The highest BCUT2D eigenvalue weighted by molar-refractivity contribution is 5.99. The molecule has 2 amide bonds. The topological polar surface area (TPSA) is 78.7 Å². The molecule has 1 N–H and O–H groups in total. The van der Waals surface area contributed by atoms with Gasteiger partial charge in [0.2, 0.25) is 5.91 Å². The van der Waals surface area contributed by atoms with Crippen molar-refractivity contribution < 1.29 is 14.7 Å². The number of piperidine rings is 1. The minimum absolute atomic E-state index is 0.0684. The van der Waals surface area contributed by atoms with Gasteiger partial charge in [-0.1, -0.05) is 0 Å². The second-order valence-electron chi connectivity index (χ2n) is 8.19. The third-order valence-electron chi connectivity index (χ3n) is 6.72. The van der Waals surface area contributed by atoms with Crippen LogP contribution in [-0.2, 0) is 11.3 Å². The predicted octanol–water partition coefficient (Wildman–Crippen LogP) is 1.80. The first-order valence-electron chi connectivity index (χ1n) is 10.4. The van der Waals surface area contributed by atoms with Crippen molar-refractivity contribution in [1.29, 1.82) is 0 Å². The fraction of sp³-hybridized carbons (Fsp3) is 0.750. The van der Waals surface area contributed by atoms with E-state index in [-0.39, 0.29) is 24.0 Å². The average molecular weight is 374 g/mol. The lowest BCUT2D eigenvalue weighted by atomic mass is 9.82. The zero-order chi connectivity index (χ0) is 19.0. The number of aromatic nitrogens is 2. The van der Waals surface area contributed by atoms with E-state index < -0.39 is 5.54 Å². The fourth-order valence-corrected chi connectivity index (χ4v) is 5.30. The van der Waals surface area contributed by atoms with Gasteiger partial charge in [-0.05, 0) is 64.4 Å². The number of hydrogen-bond donors (Lipinski definition) is 1. The van der Waals surface area contributed by atoms with Crippen molar-refractivity contribution >= 4 is 11.8 Å². The smallest absolute Gasteiger partial charge is 0.273 e. The summed E-state index contributed by atoms with van der Waals surface area (Å²) >= 11 is 0. The van der Waals surface area contributed by atoms with Crippen molar-refractivity contribution in [2.75, 3.05) is 13.1 Å². The lowest BCUT2D eigenvalue weighted by Crippen LogP contribution is -2.63. The van der Waals surface area contributed by atoms with Crippen molar-refractivity contribution in [1.82, 2.24) is 19.6 Å². The molecular formula is C20H30N4O3. The molecule has 2 aliphatic heterocycles. The fourth-order valence-electron chi connectivity index (χ4n) is 5.30. The Morgan fingerprint density at radius 3 is 2.63 bits per heavy atom. The average Bonchev–Trinajstić information content (AvgIpc) is 3.32. The van der Waals surface area contributed by atoms with Gasteiger partial charge >= 0.3 is 0 Å². The number of amides is 2. The summed E-state index contributed by atoms with van der Waals surface area (Å²) in [7, 11) is 0. The molecule has 0 aromatic carbocycles. The molecule has 1 aromatic heterocycles. The number of carbonyl (C=O) groups is 2. The second-order valence-corrected chi connectivity index (χ2v) is 8.19. The zero-order valence-electron chi connectivity index (χ0n) is 16.1. The molecule has 1 aromatic rings. The van der Waals surface area contributed by atoms with Gasteiger partial charge in [0.15, 0.2) is 0 Å². The summed E-state index contributed by atoms with van der Waals surface area (Å²) in [4.78, 5) is 30.8. The molecule has 1 saturated carbocycles. The molecule has 148 valence electrons. The van der Waals surface area contributed by atoms with Crippen LogP contribution in [0.15, 0.2) is 12.3 Å². The molecule has 1 aliphatic carbocycles. The molecule has 7 nitrogen and oxygen atoms in total. The molecule has 2 saturated heterocycles. The molecule has 0 radical (unpaired) electrons. The normalized spacial score (nSPS) is 31.7. The van der Waals surface area contributed by atoms with E-state index in [0.717, 1.165) is 57.9 Å². The highest BCUT2D eigenvalue weighted by Crippen LogP contribution is 2.41. The molecule has 1 spiro atoms. The summed E-state index contributed by atoms with van der Waals surface area (Å²) < 4.78 is 1.71. The number of carbonyl (C=O) groups excluding carboxylic acids is 2. The molecule has 3 fully saturated rings. The molecular weight excluding hydrogens is 344 g/mol. The number of aliphatic hydroxyl groups excluding tert-OH is 1. The van der Waals surface area contributed by atoms with Crippen molar-refractivity contribution in [3.8, 4) is 0 Å². The molecule has 3 heterocycles. The first-order chi connectivity index (χ1) is 13.1. The van der Waals surface area contributed by atoms with Crippen molar-refractivity contribution in [2.24, 2.45) is 0 Å². The Morgan fingerprint density at radius 2 is 1.93 bits per heavy atom. The number of likely N-dealkylation sites (tertiary alicyclic amines) is 2. The highest BCUT2D eigenvalue weighted by Gasteiger charge is 2.54. The predicted molar refractivity (Wildman–Crippen MR) is 100 cm³/mol. The Morgan fingerprint density at radius 1 is 1.22 bits per heavy atom. The van der Waals surface area contributed by atoms with Crippen molar-refractivity contribution in [3.05, 3.63) is 18.0 Å². The molecule has 0 bridgehead atoms. The first kappa shape index (κ1) is 18.5. The largest absolute Gasteiger partial charge is 0.393 e. The van der Waals surface area contributed by atoms with E-state index in [1.54, 1.807) is 16.9 Å². The van der Waals surface area contributed by atoms with E-state index in [9.17, 15) is 14.7 Å². The monoisotopic (exact) mass is 374 g/mol. The van der Waals surface area contributed by atoms with Gasteiger partial charge in [-0.15, -0.1) is 0 Å². The van der Waals surface area contributed by atoms with Crippen LogP contribution in [0.1, 0.15) is 68.8 Å². The van der Waals surface area contributed by atoms with Crippen LogP contribution in [0, 0.1) is 0 Å². The Bertz CT molecular complexity index is 710. The Hall–Kier alpha value is -1.89. The molecule has 4 rings (SSSR count). The number of aryl methyl sites for hydroxylation is 1. The van der Waals surface area contributed by atoms with Gasteiger partial charge in [0, 0.05) is 31.9 Å². The Balaban J connectivity index is 1.58. The van der Waals surface area contributed by atoms with Gasteiger partial charge in [0.05, 0.1) is 6.10 Å². The summed E-state index contributed by atoms with van der Waals surface area (Å²) in [5.41, 5.74) is -0.113. The minimum Gasteiger partial charge on any atom is -0.393 e. The Labute approximate surface area is 160 Å². The summed E-state index contributed by atoms with van der Waals surface area (Å²) in [6.45, 7) is 4.01. The zero-order valence-corrected chi connectivity index (χ0v) is 16.1. The Kier molecular flexibility index (Phi) is 4.97. The lowest BCUT2D eigenvalue weighted by molar-refractivity contribution is -0.149. The van der Waals surface area contributed by atoms with Crippen LogP contribution in [0.3, 0.4) is 0 Å². The third-order valence-corrected chi connectivity index (χ3v) is 6.72. The van der Waals surface area contributed by atoms with Gasteiger partial charge in [-0.3, -0.25) is 14.3 Å². The lowest BCUT2D eigenvalue weighted by Gasteiger charge is -2.48.